The number of hydrogen-bond acceptors (Lipinski definition) is 2. The van der Waals surface area contributed by atoms with Gasteiger partial charge in [0.1, 0.15) is 18.2 Å². The van der Waals surface area contributed by atoms with Crippen LogP contribution in [0.25, 0.3) is 11.0 Å². The fourth-order valence-electron chi connectivity index (χ4n) is 2.89. The summed E-state index contributed by atoms with van der Waals surface area (Å²) in [5, 5.41) is 1.32. The Kier molecular flexibility index (Phi) is 4.83. The third kappa shape index (κ3) is 3.55. The van der Waals surface area contributed by atoms with Crippen molar-refractivity contribution < 1.29 is 4.74 Å². The molecule has 0 spiro atoms. The summed E-state index contributed by atoms with van der Waals surface area (Å²) in [6, 6.07) is 23.4. The van der Waals surface area contributed by atoms with E-state index >= 15 is 0 Å². The number of fused-ring (bicyclic) bond motifs is 1. The number of benzene rings is 3. The molecule has 3 nitrogen and oxygen atoms in total. The van der Waals surface area contributed by atoms with Crippen molar-refractivity contribution in [1.82, 2.24) is 9.55 Å². The number of halogens is 2. The Balaban J connectivity index is 1.67. The van der Waals surface area contributed by atoms with Gasteiger partial charge in [0.15, 0.2) is 0 Å². The molecule has 0 radical (unpaired) electrons. The first kappa shape index (κ1) is 17.0. The molecule has 4 aromatic rings. The Labute approximate surface area is 161 Å². The first-order chi connectivity index (χ1) is 12.7. The Hall–Kier alpha value is -2.49. The first-order valence-corrected chi connectivity index (χ1v) is 9.02. The second kappa shape index (κ2) is 7.40. The van der Waals surface area contributed by atoms with Crippen molar-refractivity contribution in [3.05, 3.63) is 94.2 Å². The van der Waals surface area contributed by atoms with Crippen LogP contribution in [-0.2, 0) is 13.2 Å². The van der Waals surface area contributed by atoms with Gasteiger partial charge in [0.25, 0.3) is 0 Å². The quantitative estimate of drug-likeness (QED) is 0.425. The van der Waals surface area contributed by atoms with Gasteiger partial charge in [-0.1, -0.05) is 59.6 Å². The van der Waals surface area contributed by atoms with Crippen molar-refractivity contribution in [1.29, 1.82) is 0 Å². The molecular weight excluding hydrogens is 367 g/mol. The summed E-state index contributed by atoms with van der Waals surface area (Å²) < 4.78 is 8.08. The summed E-state index contributed by atoms with van der Waals surface area (Å²) in [7, 11) is 0. The number of nitrogens with zero attached hydrogens (tertiary/aromatic N) is 2. The molecule has 0 bridgehead atoms. The number of aromatic nitrogens is 2. The summed E-state index contributed by atoms with van der Waals surface area (Å²) in [4.78, 5) is 4.74. The molecule has 1 heterocycles. The lowest BCUT2D eigenvalue weighted by atomic mass is 10.2. The third-order valence-electron chi connectivity index (χ3n) is 4.18. The number of rotatable bonds is 5. The summed E-state index contributed by atoms with van der Waals surface area (Å²) >= 11 is 12.2. The van der Waals surface area contributed by atoms with Gasteiger partial charge in [0.05, 0.1) is 16.1 Å². The second-order valence-electron chi connectivity index (χ2n) is 5.95. The van der Waals surface area contributed by atoms with Crippen LogP contribution in [0.5, 0.6) is 5.75 Å². The fourth-order valence-corrected chi connectivity index (χ4v) is 3.20. The molecule has 0 aliphatic heterocycles. The molecule has 0 saturated heterocycles. The van der Waals surface area contributed by atoms with Crippen molar-refractivity contribution in [2.45, 2.75) is 13.2 Å². The van der Waals surface area contributed by atoms with Crippen LogP contribution >= 0.6 is 23.2 Å². The molecule has 1 aromatic heterocycles. The number of para-hydroxylation sites is 3. The molecular formula is C21H16Cl2N2O. The predicted octanol–water partition coefficient (Wildman–Crippen LogP) is 5.97. The first-order valence-electron chi connectivity index (χ1n) is 8.26. The van der Waals surface area contributed by atoms with Gasteiger partial charge >= 0.3 is 0 Å². The smallest absolute Gasteiger partial charge is 0.148 e. The molecule has 130 valence electrons. The van der Waals surface area contributed by atoms with Gasteiger partial charge in [-0.2, -0.15) is 0 Å². The lowest BCUT2D eigenvalue weighted by molar-refractivity contribution is 0.291. The van der Waals surface area contributed by atoms with Crippen LogP contribution in [0.2, 0.25) is 10.0 Å². The highest BCUT2D eigenvalue weighted by Crippen LogP contribution is 2.25. The summed E-state index contributed by atoms with van der Waals surface area (Å²) in [6.45, 7) is 1.03. The van der Waals surface area contributed by atoms with E-state index in [1.807, 2.05) is 66.7 Å². The molecule has 0 aliphatic carbocycles. The predicted molar refractivity (Wildman–Crippen MR) is 106 cm³/mol. The molecule has 3 aromatic carbocycles. The highest BCUT2D eigenvalue weighted by molar-refractivity contribution is 6.32. The Morgan fingerprint density at radius 3 is 2.38 bits per heavy atom. The van der Waals surface area contributed by atoms with Gasteiger partial charge < -0.3 is 9.30 Å². The number of ether oxygens (including phenoxy) is 1. The van der Waals surface area contributed by atoms with Gasteiger partial charge in [-0.25, -0.2) is 4.98 Å². The van der Waals surface area contributed by atoms with Crippen molar-refractivity contribution in [2.75, 3.05) is 0 Å². The number of hydrogen-bond donors (Lipinski definition) is 0. The van der Waals surface area contributed by atoms with E-state index in [-0.39, 0.29) is 0 Å². The Morgan fingerprint density at radius 2 is 1.58 bits per heavy atom. The van der Waals surface area contributed by atoms with Crippen molar-refractivity contribution >= 4 is 34.2 Å². The minimum Gasteiger partial charge on any atom is -0.484 e. The van der Waals surface area contributed by atoms with E-state index in [9.17, 15) is 0 Å². The highest BCUT2D eigenvalue weighted by Gasteiger charge is 2.12. The normalized spacial score (nSPS) is 11.0. The average Bonchev–Trinajstić information content (AvgIpc) is 3.00. The van der Waals surface area contributed by atoms with E-state index in [1.54, 1.807) is 0 Å². The molecule has 4 rings (SSSR count). The maximum Gasteiger partial charge on any atom is 0.148 e. The fraction of sp³-hybridized carbons (Fsp3) is 0.0952. The zero-order chi connectivity index (χ0) is 17.9. The third-order valence-corrected chi connectivity index (χ3v) is 4.75. The summed E-state index contributed by atoms with van der Waals surface area (Å²) in [5.74, 6) is 1.50. The molecule has 5 heteroatoms. The van der Waals surface area contributed by atoms with Crippen LogP contribution in [0.1, 0.15) is 11.4 Å². The lowest BCUT2D eigenvalue weighted by Crippen LogP contribution is -2.08. The Bertz CT molecular complexity index is 1040. The second-order valence-corrected chi connectivity index (χ2v) is 6.79. The van der Waals surface area contributed by atoms with Gasteiger partial charge in [-0.15, -0.1) is 0 Å². The van der Waals surface area contributed by atoms with Gasteiger partial charge in [0.2, 0.25) is 0 Å². The molecule has 0 amide bonds. The topological polar surface area (TPSA) is 27.1 Å². The number of imidazole rings is 1. The van der Waals surface area contributed by atoms with Crippen LogP contribution in [0.3, 0.4) is 0 Å². The van der Waals surface area contributed by atoms with Crippen LogP contribution in [0.15, 0.2) is 72.8 Å². The average molecular weight is 383 g/mol. The standard InChI is InChI=1S/C21H16Cl2N2O/c22-16-11-9-15(10-12-16)13-25-19-7-3-2-6-18(19)24-21(25)14-26-20-8-4-1-5-17(20)23/h1-12H,13-14H2. The zero-order valence-electron chi connectivity index (χ0n) is 13.9. The monoisotopic (exact) mass is 382 g/mol. The van der Waals surface area contributed by atoms with Gasteiger partial charge in [-0.05, 0) is 42.0 Å². The maximum atomic E-state index is 6.19. The van der Waals surface area contributed by atoms with Crippen LogP contribution in [0.4, 0.5) is 0 Å². The van der Waals surface area contributed by atoms with Crippen molar-refractivity contribution in [2.24, 2.45) is 0 Å². The molecule has 0 fully saturated rings. The summed E-state index contributed by atoms with van der Waals surface area (Å²) in [6.07, 6.45) is 0. The molecule has 0 aliphatic rings. The van der Waals surface area contributed by atoms with E-state index in [2.05, 4.69) is 10.6 Å². The van der Waals surface area contributed by atoms with E-state index in [4.69, 9.17) is 32.9 Å². The lowest BCUT2D eigenvalue weighted by Gasteiger charge is -2.11. The van der Waals surface area contributed by atoms with E-state index in [0.29, 0.717) is 23.9 Å². The minimum absolute atomic E-state index is 0.339. The molecule has 26 heavy (non-hydrogen) atoms. The highest BCUT2D eigenvalue weighted by atomic mass is 35.5. The van der Waals surface area contributed by atoms with Crippen LogP contribution < -0.4 is 4.74 Å². The van der Waals surface area contributed by atoms with E-state index in [0.717, 1.165) is 27.4 Å². The molecule has 0 N–H and O–H groups in total. The SMILES string of the molecule is Clc1ccc(Cn2c(COc3ccccc3Cl)nc3ccccc32)cc1. The zero-order valence-corrected chi connectivity index (χ0v) is 15.4. The van der Waals surface area contributed by atoms with E-state index in [1.165, 1.54) is 0 Å². The molecule has 0 atom stereocenters. The van der Waals surface area contributed by atoms with Crippen molar-refractivity contribution in [3.63, 3.8) is 0 Å². The molecule has 0 unspecified atom stereocenters. The van der Waals surface area contributed by atoms with Gasteiger partial charge in [0, 0.05) is 11.6 Å². The van der Waals surface area contributed by atoms with Crippen molar-refractivity contribution in [3.8, 4) is 5.75 Å². The summed E-state index contributed by atoms with van der Waals surface area (Å²) in [5.41, 5.74) is 3.16. The van der Waals surface area contributed by atoms with Gasteiger partial charge in [-0.3, -0.25) is 0 Å². The maximum absolute atomic E-state index is 6.19. The minimum atomic E-state index is 0.339. The van der Waals surface area contributed by atoms with Crippen LogP contribution in [0, 0.1) is 0 Å². The Morgan fingerprint density at radius 1 is 0.846 bits per heavy atom. The largest absolute Gasteiger partial charge is 0.484 e. The molecule has 0 saturated carbocycles. The van der Waals surface area contributed by atoms with Crippen LogP contribution in [-0.4, -0.2) is 9.55 Å². The van der Waals surface area contributed by atoms with E-state index < -0.39 is 0 Å².